The van der Waals surface area contributed by atoms with Crippen LogP contribution < -0.4 is 0 Å². The molecule has 64 valence electrons. The van der Waals surface area contributed by atoms with Crippen LogP contribution in [-0.4, -0.2) is 18.2 Å². The number of aliphatic hydroxyl groups excluding tert-OH is 1. The van der Waals surface area contributed by atoms with Gasteiger partial charge in [0.05, 0.1) is 0 Å². The molecule has 0 amide bonds. The molecule has 1 N–H and O–H groups in total. The van der Waals surface area contributed by atoms with Crippen LogP contribution >= 0.6 is 0 Å². The molecule has 0 unspecified atom stereocenters. The van der Waals surface area contributed by atoms with E-state index in [1.165, 1.54) is 6.08 Å². The largest absolute Gasteiger partial charge is 0.487 e. The van der Waals surface area contributed by atoms with E-state index in [1.54, 1.807) is 0 Å². The number of hydrogen-bond donors (Lipinski definition) is 1. The summed E-state index contributed by atoms with van der Waals surface area (Å²) in [5, 5.41) is 8.95. The Morgan fingerprint density at radius 2 is 2.00 bits per heavy atom. The summed E-state index contributed by atoms with van der Waals surface area (Å²) in [4.78, 5) is 0. The lowest BCUT2D eigenvalue weighted by molar-refractivity contribution is 0.150. The predicted molar refractivity (Wildman–Crippen MR) is 37.2 cm³/mol. The van der Waals surface area contributed by atoms with Gasteiger partial charge in [0, 0.05) is 6.10 Å². The zero-order valence-corrected chi connectivity index (χ0v) is 5.88. The van der Waals surface area contributed by atoms with E-state index in [-0.39, 0.29) is 6.42 Å². The van der Waals surface area contributed by atoms with Crippen molar-refractivity contribution in [2.24, 2.45) is 0 Å². The Balaban J connectivity index is 2.69. The molecule has 0 heterocycles. The summed E-state index contributed by atoms with van der Waals surface area (Å²) < 4.78 is 36.1. The number of allylic oxidation sites excluding steroid dienone is 1. The molecule has 0 fully saturated rings. The second-order valence-electron chi connectivity index (χ2n) is 2.78. The van der Waals surface area contributed by atoms with Crippen LogP contribution in [0.4, 0.5) is 12.9 Å². The van der Waals surface area contributed by atoms with Crippen LogP contribution in [0.3, 0.4) is 0 Å². The maximum absolute atomic E-state index is 12.0. The Bertz CT molecular complexity index is 166. The minimum Gasteiger partial charge on any atom is -0.448 e. The molecule has 0 saturated heterocycles. The molecule has 2 atom stereocenters. The lowest BCUT2D eigenvalue weighted by Crippen LogP contribution is -2.33. The SMILES string of the molecule is O[C@@H]1CCC=C[C@@H]1[B-](F)(F)F. The lowest BCUT2D eigenvalue weighted by Gasteiger charge is -2.30. The van der Waals surface area contributed by atoms with Gasteiger partial charge in [0.15, 0.2) is 0 Å². The summed E-state index contributed by atoms with van der Waals surface area (Å²) in [7, 11) is 0. The van der Waals surface area contributed by atoms with E-state index < -0.39 is 18.9 Å². The van der Waals surface area contributed by atoms with Gasteiger partial charge in [-0.3, -0.25) is 0 Å². The van der Waals surface area contributed by atoms with E-state index in [2.05, 4.69) is 0 Å². The normalized spacial score (nSPS) is 32.4. The van der Waals surface area contributed by atoms with Crippen molar-refractivity contribution in [3.05, 3.63) is 12.2 Å². The molecule has 0 spiro atoms. The summed E-state index contributed by atoms with van der Waals surface area (Å²) in [6, 6.07) is 0. The summed E-state index contributed by atoms with van der Waals surface area (Å²) in [6.45, 7) is -4.91. The quantitative estimate of drug-likeness (QED) is 0.464. The second-order valence-corrected chi connectivity index (χ2v) is 2.78. The Hall–Kier alpha value is -0.445. The molecule has 0 aliphatic heterocycles. The zero-order chi connectivity index (χ0) is 8.48. The number of rotatable bonds is 1. The van der Waals surface area contributed by atoms with Gasteiger partial charge >= 0.3 is 6.98 Å². The van der Waals surface area contributed by atoms with Crippen molar-refractivity contribution < 1.29 is 18.1 Å². The van der Waals surface area contributed by atoms with Gasteiger partial charge < -0.3 is 18.1 Å². The summed E-state index contributed by atoms with van der Waals surface area (Å²) in [5.74, 6) is -1.59. The number of hydrogen-bond acceptors (Lipinski definition) is 1. The summed E-state index contributed by atoms with van der Waals surface area (Å²) >= 11 is 0. The molecule has 1 nitrogen and oxygen atoms in total. The molecule has 1 rings (SSSR count). The first-order valence-electron chi connectivity index (χ1n) is 3.56. The molecule has 0 bridgehead atoms. The lowest BCUT2D eigenvalue weighted by atomic mass is 9.66. The fourth-order valence-electron chi connectivity index (χ4n) is 1.22. The smallest absolute Gasteiger partial charge is 0.448 e. The third kappa shape index (κ3) is 1.99. The molecule has 0 aromatic rings. The van der Waals surface area contributed by atoms with Crippen LogP contribution in [0.5, 0.6) is 0 Å². The third-order valence-electron chi connectivity index (χ3n) is 1.87. The fourth-order valence-corrected chi connectivity index (χ4v) is 1.22. The van der Waals surface area contributed by atoms with Crippen molar-refractivity contribution in [3.63, 3.8) is 0 Å². The Morgan fingerprint density at radius 1 is 1.36 bits per heavy atom. The monoisotopic (exact) mass is 165 g/mol. The molecule has 0 aromatic carbocycles. The molecule has 1 aliphatic rings. The van der Waals surface area contributed by atoms with Crippen molar-refractivity contribution in [3.8, 4) is 0 Å². The van der Waals surface area contributed by atoms with Crippen molar-refractivity contribution in [1.29, 1.82) is 0 Å². The molecule has 0 radical (unpaired) electrons. The van der Waals surface area contributed by atoms with E-state index in [0.29, 0.717) is 6.42 Å². The maximum atomic E-state index is 12.0. The van der Waals surface area contributed by atoms with Crippen molar-refractivity contribution in [1.82, 2.24) is 0 Å². The van der Waals surface area contributed by atoms with Crippen LogP contribution in [0, 0.1) is 0 Å². The van der Waals surface area contributed by atoms with Gasteiger partial charge in [-0.25, -0.2) is 0 Å². The van der Waals surface area contributed by atoms with Gasteiger partial charge in [-0.15, -0.1) is 6.08 Å². The van der Waals surface area contributed by atoms with E-state index in [0.717, 1.165) is 6.08 Å². The molecular weight excluding hydrogens is 156 g/mol. The van der Waals surface area contributed by atoms with Gasteiger partial charge in [0.25, 0.3) is 0 Å². The Labute approximate surface area is 63.0 Å². The van der Waals surface area contributed by atoms with Gasteiger partial charge in [-0.1, -0.05) is 6.08 Å². The second kappa shape index (κ2) is 2.89. The highest BCUT2D eigenvalue weighted by molar-refractivity contribution is 6.61. The highest BCUT2D eigenvalue weighted by atomic mass is 19.4. The Kier molecular flexibility index (Phi) is 2.27. The van der Waals surface area contributed by atoms with Crippen LogP contribution in [0.2, 0.25) is 5.82 Å². The summed E-state index contributed by atoms with van der Waals surface area (Å²) in [6.07, 6.45) is 2.09. The molecule has 0 aromatic heterocycles. The minimum atomic E-state index is -4.91. The zero-order valence-electron chi connectivity index (χ0n) is 5.88. The van der Waals surface area contributed by atoms with Gasteiger partial charge in [-0.05, 0) is 18.7 Å². The number of aliphatic hydroxyl groups is 1. The third-order valence-corrected chi connectivity index (χ3v) is 1.87. The van der Waals surface area contributed by atoms with Crippen molar-refractivity contribution in [2.45, 2.75) is 24.8 Å². The standard InChI is InChI=1S/C6H9BF3O/c8-7(9,10)5-3-1-2-4-6(5)11/h1,3,5-6,11H,2,4H2/q-1/t5-,6+/m0/s1. The van der Waals surface area contributed by atoms with Crippen LogP contribution in [-0.2, 0) is 0 Å². The molecule has 1 aliphatic carbocycles. The van der Waals surface area contributed by atoms with E-state index in [1.807, 2.05) is 0 Å². The van der Waals surface area contributed by atoms with E-state index >= 15 is 0 Å². The van der Waals surface area contributed by atoms with E-state index in [4.69, 9.17) is 5.11 Å². The van der Waals surface area contributed by atoms with Crippen molar-refractivity contribution in [2.75, 3.05) is 0 Å². The van der Waals surface area contributed by atoms with Crippen LogP contribution in [0.1, 0.15) is 12.8 Å². The average molecular weight is 165 g/mol. The highest BCUT2D eigenvalue weighted by Gasteiger charge is 2.38. The highest BCUT2D eigenvalue weighted by Crippen LogP contribution is 2.35. The summed E-state index contributed by atoms with van der Waals surface area (Å²) in [5.41, 5.74) is 0. The predicted octanol–water partition coefficient (Wildman–Crippen LogP) is 1.91. The molecule has 5 heteroatoms. The van der Waals surface area contributed by atoms with Gasteiger partial charge in [0.1, 0.15) is 0 Å². The minimum absolute atomic E-state index is 0.225. The van der Waals surface area contributed by atoms with Crippen molar-refractivity contribution >= 4 is 6.98 Å². The van der Waals surface area contributed by atoms with Gasteiger partial charge in [0.2, 0.25) is 0 Å². The first-order chi connectivity index (χ1) is 5.02. The molecular formula is C6H9BF3O-. The topological polar surface area (TPSA) is 20.2 Å². The van der Waals surface area contributed by atoms with E-state index in [9.17, 15) is 12.9 Å². The fraction of sp³-hybridized carbons (Fsp3) is 0.667. The maximum Gasteiger partial charge on any atom is 0.487 e. The van der Waals surface area contributed by atoms with Crippen LogP contribution in [0.25, 0.3) is 0 Å². The average Bonchev–Trinajstić information content (AvgIpc) is 1.86. The van der Waals surface area contributed by atoms with Crippen LogP contribution in [0.15, 0.2) is 12.2 Å². The first-order valence-corrected chi connectivity index (χ1v) is 3.56. The Morgan fingerprint density at radius 3 is 2.36 bits per heavy atom. The molecule has 11 heavy (non-hydrogen) atoms. The first kappa shape index (κ1) is 8.65. The molecule has 0 saturated carbocycles. The number of halogens is 3. The van der Waals surface area contributed by atoms with Gasteiger partial charge in [-0.2, -0.15) is 0 Å².